The predicted octanol–water partition coefficient (Wildman–Crippen LogP) is 2.24. The molecule has 0 bridgehead atoms. The number of nitrogens with one attached hydrogen (secondary N) is 2. The number of fused-ring (bicyclic) bond motifs is 2. The molecule has 0 aliphatic rings. The number of azo groups is 1. The number of nitrogens with zero attached hydrogens (tertiary/aromatic N) is 26. The predicted molar refractivity (Wildman–Crippen MR) is 271 cm³/mol. The average Bonchev–Trinajstić information content (AvgIpc) is 4.51. The Labute approximate surface area is 479 Å². The van der Waals surface area contributed by atoms with E-state index in [2.05, 4.69) is 115 Å². The first-order valence-corrected chi connectivity index (χ1v) is 23.4. The number of diazo groups is 1. The van der Waals surface area contributed by atoms with Crippen LogP contribution in [0.5, 0.6) is 0 Å². The number of anilines is 1. The van der Waals surface area contributed by atoms with Gasteiger partial charge in [-0.1, -0.05) is 9.78 Å². The molecule has 5 N–H and O–H groups in total. The zero-order valence-corrected chi connectivity index (χ0v) is 46.8. The molecule has 10 rings (SSSR count). The van der Waals surface area contributed by atoms with Gasteiger partial charge in [-0.25, -0.2) is 54.4 Å². The molecule has 0 aliphatic heterocycles. The van der Waals surface area contributed by atoms with E-state index >= 15 is 0 Å². The maximum absolute atomic E-state index is 8.93. The first kappa shape index (κ1) is 65.2. The summed E-state index contributed by atoms with van der Waals surface area (Å²) in [5.41, 5.74) is 12.0. The van der Waals surface area contributed by atoms with E-state index in [1.807, 2.05) is 26.8 Å². The summed E-state index contributed by atoms with van der Waals surface area (Å²) in [6.45, 7) is 33.9. The third-order valence-electron chi connectivity index (χ3n) is 9.02. The number of nitrogen functional groups attached to an aromatic ring is 1. The van der Waals surface area contributed by atoms with E-state index in [9.17, 15) is 0 Å². The van der Waals surface area contributed by atoms with Gasteiger partial charge in [-0.3, -0.25) is 10.2 Å². The summed E-state index contributed by atoms with van der Waals surface area (Å²) >= 11 is 0. The molecule has 412 valence electrons. The Hall–Kier alpha value is -10.1. The van der Waals surface area contributed by atoms with Crippen LogP contribution in [0.15, 0.2) is 77.0 Å². The Kier molecular flexibility index (Phi) is 25.7. The van der Waals surface area contributed by atoms with E-state index in [-0.39, 0.29) is 61.5 Å². The standard InChI is InChI=1S/C15H13N11.C9H6N7.C9H8N6.C6H8N4.HNO2.Na.2HO4P.2H2/c1-8-11(16-4)14(25(22-8)15-17-6-5-7-18-15)21-20-12-9(2)23-26-13(12)19-10(3)24-26;1-6-7(11-2)8(14-10)16(15-6)9-12-4-3-5-13-9;1-6-7(11-2)8(10)15(14-6)9-12-4-3-5-13-9;1-4-3-6-7-5(2)9-10(6)8-4;2-1-3;;2*1-4-5(2)3;;/h5-7,23H,1-3H3;3-5H,1H3;3-5H,10H2,1H3;3,8H,1-2H3;(H,2,3);;2*1H;2*1H/q;+1;;;;+1;;;;/p-2. The fraction of sp³-hybridized carbons (Fsp3) is 0.179. The average molecular weight is 1160 g/mol. The van der Waals surface area contributed by atoms with E-state index in [4.69, 9.17) is 70.4 Å². The van der Waals surface area contributed by atoms with Crippen LogP contribution in [0.4, 0.5) is 40.2 Å². The van der Waals surface area contributed by atoms with E-state index in [1.165, 1.54) is 31.1 Å². The summed E-state index contributed by atoms with van der Waals surface area (Å²) in [4.78, 5) is 71.7. The molecule has 2 unspecified atom stereocenters. The van der Waals surface area contributed by atoms with Gasteiger partial charge in [-0.05, 0) is 75.8 Å². The van der Waals surface area contributed by atoms with Crippen LogP contribution >= 0.6 is 16.5 Å². The maximum Gasteiger partial charge on any atom is 1.00 e. The quantitative estimate of drug-likeness (QED) is 0.0260. The first-order chi connectivity index (χ1) is 38.3. The zero-order chi connectivity index (χ0) is 59.1. The number of nitrogens with two attached hydrogens (primary N) is 1. The third kappa shape index (κ3) is 17.7. The fourth-order valence-corrected chi connectivity index (χ4v) is 6.01. The number of H-pyrrole nitrogens is 2. The topological polar surface area (TPSA) is 509 Å². The van der Waals surface area contributed by atoms with Gasteiger partial charge in [0.15, 0.2) is 17.2 Å². The van der Waals surface area contributed by atoms with Gasteiger partial charge in [0, 0.05) is 61.4 Å². The van der Waals surface area contributed by atoms with Crippen molar-refractivity contribution in [3.05, 3.63) is 151 Å². The summed E-state index contributed by atoms with van der Waals surface area (Å²) in [6, 6.07) is 7.02. The molecule has 81 heavy (non-hydrogen) atoms. The van der Waals surface area contributed by atoms with E-state index in [0.29, 0.717) is 57.5 Å². The summed E-state index contributed by atoms with van der Waals surface area (Å²) in [6.07, 6.45) is 9.45. The molecule has 0 amide bonds. The van der Waals surface area contributed by atoms with Gasteiger partial charge >= 0.3 is 63.5 Å². The van der Waals surface area contributed by atoms with Gasteiger partial charge in [0.05, 0.1) is 47.9 Å². The minimum absolute atomic E-state index is 0. The Morgan fingerprint density at radius 3 is 1.58 bits per heavy atom. The van der Waals surface area contributed by atoms with Gasteiger partial charge in [-0.2, -0.15) is 38.8 Å². The largest absolute Gasteiger partial charge is 1.00 e. The molecular weight excluding hydrogens is 1120 g/mol. The van der Waals surface area contributed by atoms with Gasteiger partial charge in [0.2, 0.25) is 5.65 Å². The maximum atomic E-state index is 8.93. The summed E-state index contributed by atoms with van der Waals surface area (Å²) < 4.78 is 30.2. The summed E-state index contributed by atoms with van der Waals surface area (Å²) in [5, 5.41) is 68.9. The third-order valence-corrected chi connectivity index (χ3v) is 9.28. The van der Waals surface area contributed by atoms with Crippen molar-refractivity contribution in [1.29, 1.82) is 5.39 Å². The number of aromatic amines is 2. The van der Waals surface area contributed by atoms with Crippen LogP contribution in [0.25, 0.3) is 48.7 Å². The molecule has 0 fully saturated rings. The van der Waals surface area contributed by atoms with Crippen molar-refractivity contribution < 1.29 is 71.2 Å². The minimum Gasteiger partial charge on any atom is -0.674 e. The fourth-order valence-electron chi connectivity index (χ4n) is 6.01. The molecule has 2 atom stereocenters. The molecular formula is C39H40N29NaO10P2. The molecule has 0 radical (unpaired) electrons. The van der Waals surface area contributed by atoms with Gasteiger partial charge in [0.25, 0.3) is 23.3 Å². The molecule has 0 aromatic carbocycles. The van der Waals surface area contributed by atoms with Crippen LogP contribution in [0.3, 0.4) is 0 Å². The van der Waals surface area contributed by atoms with E-state index < -0.39 is 16.5 Å². The Balaban J connectivity index is 0.000000530. The second-order valence-corrected chi connectivity index (χ2v) is 15.6. The molecule has 10 aromatic rings. The minimum atomic E-state index is -3.15. The van der Waals surface area contributed by atoms with Crippen LogP contribution in [0.2, 0.25) is 0 Å². The smallest absolute Gasteiger partial charge is 0.674 e. The second kappa shape index (κ2) is 31.9. The van der Waals surface area contributed by atoms with E-state index in [1.54, 1.807) is 75.3 Å². The molecule has 0 spiro atoms. The van der Waals surface area contributed by atoms with Crippen LogP contribution < -0.4 is 50.3 Å². The van der Waals surface area contributed by atoms with Gasteiger partial charge in [0.1, 0.15) is 17.5 Å². The molecule has 0 saturated heterocycles. The number of aryl methyl sites for hydroxylation is 7. The van der Waals surface area contributed by atoms with Crippen LogP contribution in [-0.4, -0.2) is 104 Å². The second-order valence-electron chi connectivity index (χ2n) is 14.4. The molecule has 0 aliphatic carbocycles. The van der Waals surface area contributed by atoms with Crippen LogP contribution in [0.1, 0.15) is 43.0 Å². The molecule has 10 aromatic heterocycles. The number of aromatic nitrogens is 20. The molecule has 42 heteroatoms. The van der Waals surface area contributed by atoms with Crippen molar-refractivity contribution in [2.75, 3.05) is 5.73 Å². The van der Waals surface area contributed by atoms with Crippen molar-refractivity contribution >= 4 is 68.0 Å². The molecule has 10 heterocycles. The first-order valence-electron chi connectivity index (χ1n) is 21.2. The van der Waals surface area contributed by atoms with Gasteiger partial charge < -0.3 is 30.9 Å². The molecule has 39 nitrogen and oxygen atoms in total. The summed E-state index contributed by atoms with van der Waals surface area (Å²) in [5.74, 6) is 2.93. The van der Waals surface area contributed by atoms with E-state index in [0.717, 1.165) is 28.2 Å². The monoisotopic (exact) mass is 1160 g/mol. The van der Waals surface area contributed by atoms with Crippen molar-refractivity contribution in [1.82, 2.24) is 98.9 Å². The van der Waals surface area contributed by atoms with Crippen molar-refractivity contribution in [3.8, 4) is 17.8 Å². The van der Waals surface area contributed by atoms with Gasteiger partial charge in [-0.15, -0.1) is 25.8 Å². The zero-order valence-electron chi connectivity index (χ0n) is 43.0. The Morgan fingerprint density at radius 1 is 0.691 bits per heavy atom. The SMILES string of the molecule is Cc1nc2cc(C)[nH]n2n1.O=N[O-].O=[P+]([O-])OO.O=[P+]([O-])O[O-].[C-]#[N+]c1c(C)nn(-c2ncccn2)c1N.[C-]#[N+]c1c(C)nn(-c2ncccn2)c1N=Nc1c(C)[nH]n2nc(C)nc12.[C-]#[N+]c1c(C)nn(-c2ncccn2)c1[N+]#N.[HH].[HH].[Na+]. The van der Waals surface area contributed by atoms with Crippen molar-refractivity contribution in [2.24, 2.45) is 15.6 Å². The number of hydrogen-bond acceptors (Lipinski definition) is 28. The van der Waals surface area contributed by atoms with Crippen molar-refractivity contribution in [2.45, 2.75) is 48.5 Å². The number of rotatable bonds is 7. The Bertz CT molecular complexity index is 3860. The number of hydrogen-bond donors (Lipinski definition) is 4. The van der Waals surface area contributed by atoms with Crippen LogP contribution in [0, 0.1) is 83.7 Å². The van der Waals surface area contributed by atoms with Crippen molar-refractivity contribution in [3.63, 3.8) is 0 Å². The van der Waals surface area contributed by atoms with Crippen LogP contribution in [-0.2, 0) is 18.5 Å². The molecule has 0 saturated carbocycles. The normalized spacial score (nSPS) is 10.3. The Morgan fingerprint density at radius 2 is 1.12 bits per heavy atom. The summed E-state index contributed by atoms with van der Waals surface area (Å²) in [7, 11) is -6.20.